The molecule has 1 aromatic rings. The van der Waals surface area contributed by atoms with Gasteiger partial charge in [-0.25, -0.2) is 8.78 Å². The lowest BCUT2D eigenvalue weighted by molar-refractivity contribution is 0.147. The fraction of sp³-hybridized carbons (Fsp3) is 0.286. The summed E-state index contributed by atoms with van der Waals surface area (Å²) in [5.74, 6) is 0. The third-order valence-corrected chi connectivity index (χ3v) is 1.71. The third-order valence-electron chi connectivity index (χ3n) is 1.41. The molecule has 0 aromatic carbocycles. The average Bonchev–Trinajstić information content (AvgIpc) is 2.03. The zero-order valence-electron chi connectivity index (χ0n) is 5.97. The quantitative estimate of drug-likeness (QED) is 0.781. The van der Waals surface area contributed by atoms with Gasteiger partial charge in [-0.2, -0.15) is 0 Å². The Labute approximate surface area is 72.8 Å². The molecule has 1 N–H and O–H groups in total. The highest BCUT2D eigenvalue weighted by atomic mass is 35.5. The van der Waals surface area contributed by atoms with Gasteiger partial charge in [0.1, 0.15) is 0 Å². The second-order valence-corrected chi connectivity index (χ2v) is 2.56. The zero-order valence-corrected chi connectivity index (χ0v) is 6.72. The van der Waals surface area contributed by atoms with E-state index in [1.54, 1.807) is 0 Å². The highest BCUT2D eigenvalue weighted by Crippen LogP contribution is 2.29. The van der Waals surface area contributed by atoms with Crippen LogP contribution in [-0.4, -0.2) is 10.1 Å². The van der Waals surface area contributed by atoms with E-state index in [4.69, 9.17) is 16.7 Å². The Balaban J connectivity index is 3.20. The SMILES string of the molecule is OCc1cncc(Cl)c1C(F)F. The molecule has 0 aliphatic carbocycles. The Morgan fingerprint density at radius 2 is 2.17 bits per heavy atom. The summed E-state index contributed by atoms with van der Waals surface area (Å²) in [5.41, 5.74) is -0.272. The van der Waals surface area contributed by atoms with Crippen LogP contribution in [0.1, 0.15) is 17.6 Å². The minimum absolute atomic E-state index is 0.0671. The van der Waals surface area contributed by atoms with Crippen molar-refractivity contribution in [1.82, 2.24) is 4.98 Å². The second kappa shape index (κ2) is 3.78. The molecular formula is C7H6ClF2NO. The Bertz CT molecular complexity index is 280. The van der Waals surface area contributed by atoms with Crippen LogP contribution in [0, 0.1) is 0 Å². The number of alkyl halides is 2. The summed E-state index contributed by atoms with van der Waals surface area (Å²) in [6.07, 6.45) is -0.377. The summed E-state index contributed by atoms with van der Waals surface area (Å²) in [4.78, 5) is 3.57. The van der Waals surface area contributed by atoms with Gasteiger partial charge in [-0.05, 0) is 0 Å². The van der Waals surface area contributed by atoms with Crippen LogP contribution in [0.15, 0.2) is 12.4 Å². The van der Waals surface area contributed by atoms with Gasteiger partial charge in [-0.3, -0.25) is 4.98 Å². The van der Waals surface area contributed by atoms with Crippen LogP contribution in [0.4, 0.5) is 8.78 Å². The summed E-state index contributed by atoms with van der Waals surface area (Å²) >= 11 is 5.45. The lowest BCUT2D eigenvalue weighted by Crippen LogP contribution is -1.96. The molecule has 0 fully saturated rings. The van der Waals surface area contributed by atoms with Crippen LogP contribution in [0.2, 0.25) is 5.02 Å². The Kier molecular flexibility index (Phi) is 2.94. The van der Waals surface area contributed by atoms with E-state index < -0.39 is 13.0 Å². The van der Waals surface area contributed by atoms with Crippen molar-refractivity contribution in [3.05, 3.63) is 28.5 Å². The lowest BCUT2D eigenvalue weighted by Gasteiger charge is -2.06. The van der Waals surface area contributed by atoms with E-state index >= 15 is 0 Å². The van der Waals surface area contributed by atoms with Gasteiger partial charge >= 0.3 is 0 Å². The number of pyridine rings is 1. The molecule has 0 spiro atoms. The average molecular weight is 194 g/mol. The largest absolute Gasteiger partial charge is 0.392 e. The lowest BCUT2D eigenvalue weighted by atomic mass is 10.1. The topological polar surface area (TPSA) is 33.1 Å². The zero-order chi connectivity index (χ0) is 9.14. The van der Waals surface area contributed by atoms with Crippen LogP contribution in [0.3, 0.4) is 0 Å². The number of aliphatic hydroxyl groups excluding tert-OH is 1. The maximum Gasteiger partial charge on any atom is 0.265 e. The third kappa shape index (κ3) is 1.70. The predicted octanol–water partition coefficient (Wildman–Crippen LogP) is 2.16. The fourth-order valence-electron chi connectivity index (χ4n) is 0.856. The van der Waals surface area contributed by atoms with E-state index in [2.05, 4.69) is 4.98 Å². The molecule has 0 saturated heterocycles. The first kappa shape index (κ1) is 9.35. The van der Waals surface area contributed by atoms with Gasteiger partial charge < -0.3 is 5.11 Å². The number of aromatic nitrogens is 1. The molecular weight excluding hydrogens is 188 g/mol. The first-order valence-corrected chi connectivity index (χ1v) is 3.56. The van der Waals surface area contributed by atoms with Crippen molar-refractivity contribution in [1.29, 1.82) is 0 Å². The van der Waals surface area contributed by atoms with E-state index in [-0.39, 0.29) is 16.1 Å². The molecule has 2 nitrogen and oxygen atoms in total. The molecule has 0 aliphatic heterocycles. The monoisotopic (exact) mass is 193 g/mol. The summed E-state index contributed by atoms with van der Waals surface area (Å²) in [5, 5.41) is 8.55. The van der Waals surface area contributed by atoms with E-state index in [0.29, 0.717) is 0 Å². The number of halogens is 3. The minimum atomic E-state index is -2.68. The van der Waals surface area contributed by atoms with Crippen molar-refractivity contribution in [2.45, 2.75) is 13.0 Å². The Morgan fingerprint density at radius 1 is 1.50 bits per heavy atom. The fourth-order valence-corrected chi connectivity index (χ4v) is 1.12. The van der Waals surface area contributed by atoms with Gasteiger partial charge in [0.15, 0.2) is 0 Å². The van der Waals surface area contributed by atoms with Crippen LogP contribution in [0.25, 0.3) is 0 Å². The first-order valence-electron chi connectivity index (χ1n) is 3.18. The summed E-state index contributed by atoms with van der Waals surface area (Å²) < 4.78 is 24.5. The molecule has 0 amide bonds. The van der Waals surface area contributed by atoms with E-state index in [9.17, 15) is 8.78 Å². The molecule has 0 radical (unpaired) electrons. The smallest absolute Gasteiger partial charge is 0.265 e. The van der Waals surface area contributed by atoms with Gasteiger partial charge in [0, 0.05) is 23.5 Å². The van der Waals surface area contributed by atoms with Gasteiger partial charge in [0.2, 0.25) is 0 Å². The van der Waals surface area contributed by atoms with E-state index in [0.717, 1.165) is 6.20 Å². The molecule has 0 saturated carbocycles. The summed E-state index contributed by atoms with van der Waals surface area (Å²) in [7, 11) is 0. The molecule has 1 heterocycles. The molecule has 0 unspecified atom stereocenters. The van der Waals surface area contributed by atoms with Gasteiger partial charge in [-0.15, -0.1) is 0 Å². The minimum Gasteiger partial charge on any atom is -0.392 e. The van der Waals surface area contributed by atoms with E-state index in [1.165, 1.54) is 6.20 Å². The second-order valence-electron chi connectivity index (χ2n) is 2.15. The van der Waals surface area contributed by atoms with Gasteiger partial charge in [0.25, 0.3) is 6.43 Å². The molecule has 0 aliphatic rings. The predicted molar refractivity (Wildman–Crippen MR) is 40.1 cm³/mol. The number of hydrogen-bond donors (Lipinski definition) is 1. The van der Waals surface area contributed by atoms with Crippen molar-refractivity contribution in [2.24, 2.45) is 0 Å². The summed E-state index contributed by atoms with van der Waals surface area (Å²) in [6, 6.07) is 0. The first-order chi connectivity index (χ1) is 5.66. The van der Waals surface area contributed by atoms with Crippen LogP contribution in [0.5, 0.6) is 0 Å². The number of hydrogen-bond acceptors (Lipinski definition) is 2. The Hall–Kier alpha value is -0.740. The molecule has 5 heteroatoms. The standard InChI is InChI=1S/C7H6ClF2NO/c8-5-2-11-1-4(3-12)6(5)7(9)10/h1-2,7,12H,3H2. The number of aliphatic hydroxyl groups is 1. The normalized spacial score (nSPS) is 10.8. The molecule has 66 valence electrons. The maximum absolute atomic E-state index is 12.3. The molecule has 1 rings (SSSR count). The van der Waals surface area contributed by atoms with E-state index in [1.807, 2.05) is 0 Å². The van der Waals surface area contributed by atoms with Gasteiger partial charge in [0.05, 0.1) is 11.6 Å². The Morgan fingerprint density at radius 3 is 2.58 bits per heavy atom. The van der Waals surface area contributed by atoms with Crippen LogP contribution in [-0.2, 0) is 6.61 Å². The van der Waals surface area contributed by atoms with Crippen molar-refractivity contribution < 1.29 is 13.9 Å². The van der Waals surface area contributed by atoms with Crippen molar-refractivity contribution in [3.8, 4) is 0 Å². The molecule has 1 aromatic heterocycles. The highest BCUT2D eigenvalue weighted by Gasteiger charge is 2.16. The van der Waals surface area contributed by atoms with Crippen LogP contribution < -0.4 is 0 Å². The maximum atomic E-state index is 12.3. The van der Waals surface area contributed by atoms with Crippen LogP contribution >= 0.6 is 11.6 Å². The van der Waals surface area contributed by atoms with Crippen molar-refractivity contribution >= 4 is 11.6 Å². The van der Waals surface area contributed by atoms with Gasteiger partial charge in [-0.1, -0.05) is 11.6 Å². The number of rotatable bonds is 2. The number of nitrogens with zero attached hydrogens (tertiary/aromatic N) is 1. The molecule has 0 bridgehead atoms. The summed E-state index contributed by atoms with van der Waals surface area (Å²) in [6.45, 7) is -0.479. The molecule has 0 atom stereocenters. The molecule has 12 heavy (non-hydrogen) atoms. The highest BCUT2D eigenvalue weighted by molar-refractivity contribution is 6.31. The van der Waals surface area contributed by atoms with Crippen molar-refractivity contribution in [3.63, 3.8) is 0 Å². The van der Waals surface area contributed by atoms with Crippen molar-refractivity contribution in [2.75, 3.05) is 0 Å².